The van der Waals surface area contributed by atoms with Crippen LogP contribution < -0.4 is 0 Å². The molecule has 15 heavy (non-hydrogen) atoms. The van der Waals surface area contributed by atoms with Gasteiger partial charge in [-0.25, -0.2) is 4.79 Å². The van der Waals surface area contributed by atoms with E-state index in [2.05, 4.69) is 4.74 Å². The molecule has 0 unspecified atom stereocenters. The molecule has 0 saturated heterocycles. The Morgan fingerprint density at radius 1 is 1.20 bits per heavy atom. The van der Waals surface area contributed by atoms with Crippen molar-refractivity contribution in [3.05, 3.63) is 11.6 Å². The molecule has 0 spiro atoms. The van der Waals surface area contributed by atoms with E-state index in [9.17, 15) is 31.1 Å². The van der Waals surface area contributed by atoms with E-state index < -0.39 is 36.4 Å². The molecule has 0 heterocycles. The fourth-order valence-electron chi connectivity index (χ4n) is 0.727. The van der Waals surface area contributed by atoms with Crippen LogP contribution >= 0.6 is 0 Å². The van der Waals surface area contributed by atoms with Crippen molar-refractivity contribution in [2.75, 3.05) is 7.11 Å². The quantitative estimate of drug-likeness (QED) is 0.418. The Kier molecular flexibility index (Phi) is 4.17. The van der Waals surface area contributed by atoms with E-state index in [1.165, 1.54) is 0 Å². The highest BCUT2D eigenvalue weighted by atomic mass is 19.4. The van der Waals surface area contributed by atoms with Crippen LogP contribution in [0.15, 0.2) is 11.6 Å². The van der Waals surface area contributed by atoms with E-state index in [4.69, 9.17) is 0 Å². The van der Waals surface area contributed by atoms with Crippen LogP contribution in [0.3, 0.4) is 0 Å². The van der Waals surface area contributed by atoms with Crippen molar-refractivity contribution in [2.45, 2.75) is 18.8 Å². The van der Waals surface area contributed by atoms with Crippen molar-refractivity contribution in [2.24, 2.45) is 0 Å². The van der Waals surface area contributed by atoms with Crippen molar-refractivity contribution < 1.29 is 35.9 Å². The van der Waals surface area contributed by atoms with E-state index in [1.807, 2.05) is 0 Å². The Labute approximate surface area is 80.5 Å². The average molecular weight is 236 g/mol. The minimum absolute atomic E-state index is 0.697. The fourth-order valence-corrected chi connectivity index (χ4v) is 0.727. The van der Waals surface area contributed by atoms with Crippen LogP contribution in [0, 0.1) is 0 Å². The van der Waals surface area contributed by atoms with Crippen LogP contribution in [0.5, 0.6) is 0 Å². The molecule has 0 aliphatic carbocycles. The van der Waals surface area contributed by atoms with Gasteiger partial charge in [0.1, 0.15) is 0 Å². The Balaban J connectivity index is 4.92. The molecule has 88 valence electrons. The van der Waals surface area contributed by atoms with Gasteiger partial charge in [0.15, 0.2) is 0 Å². The number of esters is 1. The number of hydrogen-bond donors (Lipinski definition) is 0. The zero-order valence-electron chi connectivity index (χ0n) is 7.37. The van der Waals surface area contributed by atoms with Crippen molar-refractivity contribution in [3.63, 3.8) is 0 Å². The third-order valence-corrected chi connectivity index (χ3v) is 1.18. The lowest BCUT2D eigenvalue weighted by atomic mass is 10.1. The number of carbonyl (C=O) groups excluding carboxylic acids is 1. The molecule has 0 aromatic rings. The van der Waals surface area contributed by atoms with E-state index in [1.54, 1.807) is 0 Å². The molecule has 0 radical (unpaired) electrons. The first kappa shape index (κ1) is 13.8. The molecule has 0 bridgehead atoms. The highest BCUT2D eigenvalue weighted by Gasteiger charge is 2.35. The van der Waals surface area contributed by atoms with Crippen molar-refractivity contribution in [1.29, 1.82) is 0 Å². The van der Waals surface area contributed by atoms with Gasteiger partial charge in [0.2, 0.25) is 0 Å². The second-order valence-electron chi connectivity index (χ2n) is 2.49. The van der Waals surface area contributed by atoms with E-state index in [0.717, 1.165) is 0 Å². The van der Waals surface area contributed by atoms with Gasteiger partial charge in [0.05, 0.1) is 19.1 Å². The van der Waals surface area contributed by atoms with Crippen LogP contribution in [0.4, 0.5) is 26.3 Å². The first-order chi connectivity index (χ1) is 6.55. The summed E-state index contributed by atoms with van der Waals surface area (Å²) < 4.78 is 74.3. The molecule has 0 atom stereocenters. The van der Waals surface area contributed by atoms with Crippen LogP contribution in [-0.2, 0) is 9.53 Å². The Morgan fingerprint density at radius 3 is 1.93 bits per heavy atom. The van der Waals surface area contributed by atoms with Crippen molar-refractivity contribution >= 4 is 5.97 Å². The lowest BCUT2D eigenvalue weighted by Gasteiger charge is -2.09. The summed E-state index contributed by atoms with van der Waals surface area (Å²) in [7, 11) is 0.697. The average Bonchev–Trinajstić information content (AvgIpc) is 1.96. The highest BCUT2D eigenvalue weighted by Crippen LogP contribution is 2.28. The molecular formula is C7H6F6O2. The third kappa shape index (κ3) is 6.81. The smallest absolute Gasteiger partial charge is 0.410 e. The number of alkyl halides is 6. The van der Waals surface area contributed by atoms with Crippen molar-refractivity contribution in [3.8, 4) is 0 Å². The van der Waals surface area contributed by atoms with Gasteiger partial charge in [-0.05, 0) is 0 Å². The van der Waals surface area contributed by atoms with Crippen LogP contribution in [-0.4, -0.2) is 25.4 Å². The Morgan fingerprint density at radius 2 is 1.67 bits per heavy atom. The number of allylic oxidation sites excluding steroid dienone is 1. The summed E-state index contributed by atoms with van der Waals surface area (Å²) in [6, 6.07) is 0. The van der Waals surface area contributed by atoms with Crippen LogP contribution in [0.25, 0.3) is 0 Å². The molecule has 8 heteroatoms. The standard InChI is InChI=1S/C7H6F6O2/c1-15-5(14)4(2-6(8,9)10)3-7(11,12)13/h2H,3H2,1H3. The molecule has 0 N–H and O–H groups in total. The van der Waals surface area contributed by atoms with Gasteiger partial charge in [-0.3, -0.25) is 0 Å². The van der Waals surface area contributed by atoms with Gasteiger partial charge in [0, 0.05) is 6.08 Å². The number of halogens is 6. The summed E-state index contributed by atoms with van der Waals surface area (Å²) in [6.45, 7) is 0. The molecule has 0 saturated carbocycles. The van der Waals surface area contributed by atoms with Crippen molar-refractivity contribution in [1.82, 2.24) is 0 Å². The molecule has 0 rings (SSSR count). The summed E-state index contributed by atoms with van der Waals surface area (Å²) >= 11 is 0. The Hall–Kier alpha value is -1.21. The van der Waals surface area contributed by atoms with Gasteiger partial charge in [-0.1, -0.05) is 0 Å². The monoisotopic (exact) mass is 236 g/mol. The maximum Gasteiger partial charge on any atom is 0.410 e. The summed E-state index contributed by atoms with van der Waals surface area (Å²) in [5, 5.41) is 0. The summed E-state index contributed by atoms with van der Waals surface area (Å²) in [5.74, 6) is -1.65. The zero-order chi connectivity index (χ0) is 12.3. The van der Waals surface area contributed by atoms with E-state index in [0.29, 0.717) is 7.11 Å². The molecule has 0 aromatic carbocycles. The van der Waals surface area contributed by atoms with Gasteiger partial charge in [-0.2, -0.15) is 26.3 Å². The van der Waals surface area contributed by atoms with Crippen LogP contribution in [0.1, 0.15) is 6.42 Å². The third-order valence-electron chi connectivity index (χ3n) is 1.18. The normalized spacial score (nSPS) is 13.9. The number of carbonyl (C=O) groups is 1. The first-order valence-corrected chi connectivity index (χ1v) is 3.48. The molecule has 0 aliphatic heterocycles. The first-order valence-electron chi connectivity index (χ1n) is 3.48. The maximum absolute atomic E-state index is 11.8. The molecular weight excluding hydrogens is 230 g/mol. The Bertz CT molecular complexity index is 262. The number of ether oxygens (including phenoxy) is 1. The molecule has 0 fully saturated rings. The minimum Gasteiger partial charge on any atom is -0.466 e. The molecule has 0 aromatic heterocycles. The van der Waals surface area contributed by atoms with Gasteiger partial charge in [0.25, 0.3) is 0 Å². The minimum atomic E-state index is -4.99. The number of methoxy groups -OCH3 is 1. The van der Waals surface area contributed by atoms with E-state index >= 15 is 0 Å². The summed E-state index contributed by atoms with van der Waals surface area (Å²) in [4.78, 5) is 10.6. The molecule has 2 nitrogen and oxygen atoms in total. The lowest BCUT2D eigenvalue weighted by Crippen LogP contribution is -2.18. The van der Waals surface area contributed by atoms with Gasteiger partial charge >= 0.3 is 18.3 Å². The number of hydrogen-bond acceptors (Lipinski definition) is 2. The summed E-state index contributed by atoms with van der Waals surface area (Å²) in [5.41, 5.74) is -1.47. The SMILES string of the molecule is COC(=O)C(=CC(F)(F)F)CC(F)(F)F. The predicted molar refractivity (Wildman–Crippen MR) is 36.8 cm³/mol. The van der Waals surface area contributed by atoms with E-state index in [-0.39, 0.29) is 0 Å². The maximum atomic E-state index is 11.8. The topological polar surface area (TPSA) is 26.3 Å². The second-order valence-corrected chi connectivity index (χ2v) is 2.49. The largest absolute Gasteiger partial charge is 0.466 e. The second kappa shape index (κ2) is 4.54. The molecule has 0 aliphatic rings. The summed E-state index contributed by atoms with van der Waals surface area (Å²) in [6.07, 6.45) is -12.6. The van der Waals surface area contributed by atoms with Crippen LogP contribution in [0.2, 0.25) is 0 Å². The van der Waals surface area contributed by atoms with Gasteiger partial charge < -0.3 is 4.74 Å². The molecule has 0 amide bonds. The lowest BCUT2D eigenvalue weighted by molar-refractivity contribution is -0.146. The zero-order valence-corrected chi connectivity index (χ0v) is 7.37. The van der Waals surface area contributed by atoms with Gasteiger partial charge in [-0.15, -0.1) is 0 Å². The number of rotatable bonds is 2. The predicted octanol–water partition coefficient (Wildman–Crippen LogP) is 2.60. The fraction of sp³-hybridized carbons (Fsp3) is 0.571. The highest BCUT2D eigenvalue weighted by molar-refractivity contribution is 5.88.